The van der Waals surface area contributed by atoms with Gasteiger partial charge in [0.2, 0.25) is 0 Å². The van der Waals surface area contributed by atoms with E-state index in [0.717, 1.165) is 19.5 Å². The number of benzene rings is 1. The van der Waals surface area contributed by atoms with E-state index in [0.29, 0.717) is 23.7 Å². The van der Waals surface area contributed by atoms with Crippen LogP contribution in [0.15, 0.2) is 18.2 Å². The lowest BCUT2D eigenvalue weighted by molar-refractivity contribution is -0.171. The van der Waals surface area contributed by atoms with Gasteiger partial charge in [-0.05, 0) is 51.1 Å². The highest BCUT2D eigenvalue weighted by atomic mass is 35.5. The number of anilines is 2. The fourth-order valence-electron chi connectivity index (χ4n) is 3.95. The third-order valence-corrected chi connectivity index (χ3v) is 5.57. The van der Waals surface area contributed by atoms with Crippen LogP contribution in [0.3, 0.4) is 0 Å². The van der Waals surface area contributed by atoms with Crippen LogP contribution in [0, 0.1) is 0 Å². The smallest absolute Gasteiger partial charge is 0.471 e. The highest BCUT2D eigenvalue weighted by Crippen LogP contribution is 2.34. The molecule has 2 aliphatic heterocycles. The number of likely N-dealkylation sites (N-methyl/N-ethyl adjacent to an activating group) is 1. The summed E-state index contributed by atoms with van der Waals surface area (Å²) >= 11 is 0. The third kappa shape index (κ3) is 6.02. The fourth-order valence-corrected chi connectivity index (χ4v) is 3.95. The summed E-state index contributed by atoms with van der Waals surface area (Å²) in [5.41, 5.74) is 0.0685. The number of carbonyl (C=O) groups excluding carboxylic acids is 1. The average Bonchev–Trinajstić information content (AvgIpc) is 2.92. The molecule has 11 heteroatoms. The number of nitrogens with zero attached hydrogens (tertiary/aromatic N) is 3. The highest BCUT2D eigenvalue weighted by Gasteiger charge is 2.46. The summed E-state index contributed by atoms with van der Waals surface area (Å²) in [4.78, 5) is 29.0. The van der Waals surface area contributed by atoms with E-state index in [1.807, 2.05) is 11.9 Å². The van der Waals surface area contributed by atoms with Crippen LogP contribution < -0.4 is 9.80 Å². The largest absolute Gasteiger partial charge is 0.478 e. The van der Waals surface area contributed by atoms with Crippen molar-refractivity contribution in [1.29, 1.82) is 0 Å². The zero-order valence-electron chi connectivity index (χ0n) is 17.2. The minimum atomic E-state index is -5.12. The van der Waals surface area contributed by atoms with E-state index in [1.54, 1.807) is 6.07 Å². The second kappa shape index (κ2) is 10.5. The number of hydrogen-bond donors (Lipinski definition) is 1. The summed E-state index contributed by atoms with van der Waals surface area (Å²) in [6, 6.07) is 3.51. The molecule has 3 rings (SSSR count). The molecular formula is C20H27ClF3N3O4. The van der Waals surface area contributed by atoms with E-state index < -0.39 is 24.1 Å². The lowest BCUT2D eigenvalue weighted by Gasteiger charge is -2.36. The van der Waals surface area contributed by atoms with E-state index >= 15 is 0 Å². The minimum absolute atomic E-state index is 0. The first-order valence-electron chi connectivity index (χ1n) is 9.97. The van der Waals surface area contributed by atoms with Crippen LogP contribution in [0.25, 0.3) is 0 Å². The number of hydrogen-bond acceptors (Lipinski definition) is 5. The van der Waals surface area contributed by atoms with E-state index in [2.05, 4.69) is 4.90 Å². The van der Waals surface area contributed by atoms with Gasteiger partial charge < -0.3 is 24.5 Å². The predicted molar refractivity (Wildman–Crippen MR) is 112 cm³/mol. The maximum absolute atomic E-state index is 13.4. The van der Waals surface area contributed by atoms with Crippen molar-refractivity contribution in [3.63, 3.8) is 0 Å². The van der Waals surface area contributed by atoms with Crippen LogP contribution in [0.5, 0.6) is 0 Å². The lowest BCUT2D eigenvalue weighted by atomic mass is 10.0. The maximum atomic E-state index is 13.4. The first kappa shape index (κ1) is 25.2. The van der Waals surface area contributed by atoms with Crippen LogP contribution in [-0.2, 0) is 9.53 Å². The zero-order valence-corrected chi connectivity index (χ0v) is 18.0. The molecule has 0 unspecified atom stereocenters. The van der Waals surface area contributed by atoms with E-state index in [-0.39, 0.29) is 49.7 Å². The summed E-state index contributed by atoms with van der Waals surface area (Å²) in [6.45, 7) is 3.46. The number of alkyl halides is 3. The molecule has 31 heavy (non-hydrogen) atoms. The molecule has 1 aromatic carbocycles. The highest BCUT2D eigenvalue weighted by molar-refractivity contribution is 6.05. The Morgan fingerprint density at radius 2 is 1.81 bits per heavy atom. The van der Waals surface area contributed by atoms with Gasteiger partial charge in [-0.1, -0.05) is 0 Å². The van der Waals surface area contributed by atoms with Crippen LogP contribution in [-0.4, -0.2) is 80.5 Å². The molecule has 0 bridgehead atoms. The van der Waals surface area contributed by atoms with Crippen molar-refractivity contribution in [2.45, 2.75) is 31.5 Å². The first-order valence-corrected chi connectivity index (χ1v) is 9.97. The summed E-state index contributed by atoms with van der Waals surface area (Å²) in [7, 11) is 2.00. The monoisotopic (exact) mass is 465 g/mol. The third-order valence-electron chi connectivity index (χ3n) is 5.57. The van der Waals surface area contributed by atoms with E-state index in [9.17, 15) is 27.9 Å². The van der Waals surface area contributed by atoms with Crippen molar-refractivity contribution in [2.75, 3.05) is 56.2 Å². The topological polar surface area (TPSA) is 73.3 Å². The normalized spacial score (nSPS) is 18.8. The number of carboxylic acid groups (broad SMARTS) is 1. The Balaban J connectivity index is 0.00000341. The molecule has 0 aliphatic carbocycles. The molecule has 0 saturated carbocycles. The van der Waals surface area contributed by atoms with Gasteiger partial charge >= 0.3 is 18.1 Å². The molecule has 1 aromatic rings. The van der Waals surface area contributed by atoms with Gasteiger partial charge in [0.05, 0.1) is 11.3 Å². The first-order chi connectivity index (χ1) is 14.2. The van der Waals surface area contributed by atoms with Crippen LogP contribution in [0.4, 0.5) is 24.5 Å². The van der Waals surface area contributed by atoms with Crippen molar-refractivity contribution in [3.05, 3.63) is 23.8 Å². The fraction of sp³-hybridized carbons (Fsp3) is 0.600. The molecule has 0 spiro atoms. The van der Waals surface area contributed by atoms with Crippen molar-refractivity contribution in [3.8, 4) is 0 Å². The zero-order chi connectivity index (χ0) is 21.9. The van der Waals surface area contributed by atoms with Gasteiger partial charge in [0, 0.05) is 44.6 Å². The summed E-state index contributed by atoms with van der Waals surface area (Å²) in [5, 5.41) is 9.61. The molecule has 2 heterocycles. The Bertz CT molecular complexity index is 787. The molecule has 1 amide bonds. The Morgan fingerprint density at radius 1 is 1.13 bits per heavy atom. The molecule has 7 nitrogen and oxygen atoms in total. The van der Waals surface area contributed by atoms with Gasteiger partial charge in [-0.3, -0.25) is 4.79 Å². The Kier molecular flexibility index (Phi) is 8.56. The summed E-state index contributed by atoms with van der Waals surface area (Å²) in [6.07, 6.45) is -3.83. The molecular weight excluding hydrogens is 439 g/mol. The van der Waals surface area contributed by atoms with Gasteiger partial charge in [-0.2, -0.15) is 13.2 Å². The summed E-state index contributed by atoms with van der Waals surface area (Å²) in [5.74, 6) is -3.43. The average molecular weight is 466 g/mol. The molecule has 2 saturated heterocycles. The molecule has 0 atom stereocenters. The van der Waals surface area contributed by atoms with Gasteiger partial charge in [-0.15, -0.1) is 12.4 Å². The van der Waals surface area contributed by atoms with E-state index in [1.165, 1.54) is 12.1 Å². The van der Waals surface area contributed by atoms with Gasteiger partial charge in [-0.25, -0.2) is 4.79 Å². The van der Waals surface area contributed by atoms with Crippen LogP contribution in [0.2, 0.25) is 0 Å². The second-order valence-electron chi connectivity index (χ2n) is 7.67. The van der Waals surface area contributed by atoms with Gasteiger partial charge in [0.25, 0.3) is 0 Å². The molecule has 2 aliphatic rings. The Labute approximate surface area is 185 Å². The number of ether oxygens (including phenoxy) is 1. The number of amides is 1. The van der Waals surface area contributed by atoms with Crippen LogP contribution in [0.1, 0.15) is 29.6 Å². The number of rotatable bonds is 4. The van der Waals surface area contributed by atoms with E-state index in [4.69, 9.17) is 4.74 Å². The standard InChI is InChI=1S/C20H26F3N3O4.ClH/c1-24-7-2-8-25(10-9-24)15-3-4-16(18(27)28)17(13-15)26(19(29)20(21,22)23)14-5-11-30-12-6-14;/h3-4,13-14H,2,5-12H2,1H3,(H,27,28);1H. The Morgan fingerprint density at radius 3 is 2.42 bits per heavy atom. The van der Waals surface area contributed by atoms with Crippen molar-refractivity contribution in [1.82, 2.24) is 4.90 Å². The molecule has 2 fully saturated rings. The number of carbonyl (C=O) groups is 2. The number of halogens is 4. The van der Waals surface area contributed by atoms with Crippen molar-refractivity contribution < 1.29 is 32.6 Å². The van der Waals surface area contributed by atoms with Crippen molar-refractivity contribution in [2.24, 2.45) is 0 Å². The van der Waals surface area contributed by atoms with Gasteiger partial charge in [0.1, 0.15) is 0 Å². The summed E-state index contributed by atoms with van der Waals surface area (Å²) < 4.78 is 45.5. The maximum Gasteiger partial charge on any atom is 0.471 e. The molecule has 174 valence electrons. The number of carboxylic acids is 1. The molecule has 0 radical (unpaired) electrons. The van der Waals surface area contributed by atoms with Crippen molar-refractivity contribution >= 4 is 35.7 Å². The number of aromatic carboxylic acids is 1. The lowest BCUT2D eigenvalue weighted by Crippen LogP contribution is -2.50. The van der Waals surface area contributed by atoms with Crippen LogP contribution >= 0.6 is 12.4 Å². The minimum Gasteiger partial charge on any atom is -0.478 e. The molecule has 0 aromatic heterocycles. The quantitative estimate of drug-likeness (QED) is 0.737. The SMILES string of the molecule is CN1CCCN(c2ccc(C(=O)O)c(N(C(=O)C(F)(F)F)C3CCOCC3)c2)CC1.Cl. The Hall–Kier alpha value is -2.04. The predicted octanol–water partition coefficient (Wildman–Crippen LogP) is 3.02. The second-order valence-corrected chi connectivity index (χ2v) is 7.67. The molecule has 1 N–H and O–H groups in total. The van der Waals surface area contributed by atoms with Gasteiger partial charge in [0.15, 0.2) is 0 Å².